The first-order chi connectivity index (χ1) is 9.73. The van der Waals surface area contributed by atoms with Crippen LogP contribution in [0.2, 0.25) is 0 Å². The standard InChI is InChI=1S/C18H27NO/c1-3-5-9-13-18(14-10-6-4-2)16-12-8-7-11-15(16)17(20)19-18/h7-8,11-12H,3-6,9-10,13-14H2,1-2H3,(H,19,20). The van der Waals surface area contributed by atoms with E-state index in [0.29, 0.717) is 0 Å². The van der Waals surface area contributed by atoms with Gasteiger partial charge in [-0.1, -0.05) is 70.6 Å². The smallest absolute Gasteiger partial charge is 0.252 e. The van der Waals surface area contributed by atoms with Crippen LogP contribution in [0.4, 0.5) is 0 Å². The minimum absolute atomic E-state index is 0.0992. The van der Waals surface area contributed by atoms with E-state index in [2.05, 4.69) is 31.3 Å². The van der Waals surface area contributed by atoms with Crippen molar-refractivity contribution in [3.63, 3.8) is 0 Å². The molecule has 0 atom stereocenters. The van der Waals surface area contributed by atoms with Crippen molar-refractivity contribution >= 4 is 5.91 Å². The molecule has 1 aromatic rings. The Morgan fingerprint density at radius 1 is 0.950 bits per heavy atom. The van der Waals surface area contributed by atoms with Gasteiger partial charge in [0, 0.05) is 5.56 Å². The summed E-state index contributed by atoms with van der Waals surface area (Å²) < 4.78 is 0. The Kier molecular flexibility index (Phi) is 5.22. The highest BCUT2D eigenvalue weighted by molar-refractivity contribution is 5.99. The normalized spacial score (nSPS) is 16.0. The van der Waals surface area contributed by atoms with Gasteiger partial charge in [0.2, 0.25) is 0 Å². The summed E-state index contributed by atoms with van der Waals surface area (Å²) in [6.45, 7) is 4.45. The van der Waals surface area contributed by atoms with Crippen LogP contribution in [0, 0.1) is 0 Å². The quantitative estimate of drug-likeness (QED) is 0.678. The van der Waals surface area contributed by atoms with Crippen LogP contribution < -0.4 is 5.32 Å². The second-order valence-corrected chi connectivity index (χ2v) is 6.00. The maximum absolute atomic E-state index is 12.2. The lowest BCUT2D eigenvalue weighted by Crippen LogP contribution is -2.39. The summed E-state index contributed by atoms with van der Waals surface area (Å²) in [7, 11) is 0. The monoisotopic (exact) mass is 273 g/mol. The fourth-order valence-electron chi connectivity index (χ4n) is 3.32. The molecule has 1 amide bonds. The molecule has 1 N–H and O–H groups in total. The molecule has 0 saturated carbocycles. The summed E-state index contributed by atoms with van der Waals surface area (Å²) in [5, 5.41) is 3.31. The molecule has 0 spiro atoms. The van der Waals surface area contributed by atoms with Gasteiger partial charge in [0.05, 0.1) is 5.54 Å². The molecule has 1 aliphatic heterocycles. The van der Waals surface area contributed by atoms with E-state index in [1.54, 1.807) is 0 Å². The molecule has 0 unspecified atom stereocenters. The third-order valence-corrected chi connectivity index (χ3v) is 4.45. The van der Waals surface area contributed by atoms with Crippen molar-refractivity contribution in [3.8, 4) is 0 Å². The first-order valence-electron chi connectivity index (χ1n) is 8.15. The lowest BCUT2D eigenvalue weighted by Gasteiger charge is -2.31. The molecule has 2 nitrogen and oxygen atoms in total. The molecule has 2 heteroatoms. The largest absolute Gasteiger partial charge is 0.342 e. The molecule has 0 fully saturated rings. The number of hydrogen-bond donors (Lipinski definition) is 1. The molecule has 20 heavy (non-hydrogen) atoms. The van der Waals surface area contributed by atoms with Crippen LogP contribution in [0.3, 0.4) is 0 Å². The van der Waals surface area contributed by atoms with Crippen LogP contribution in [-0.4, -0.2) is 5.91 Å². The number of rotatable bonds is 8. The zero-order chi connectivity index (χ0) is 14.4. The average molecular weight is 273 g/mol. The highest BCUT2D eigenvalue weighted by atomic mass is 16.2. The third kappa shape index (κ3) is 3.05. The van der Waals surface area contributed by atoms with Crippen molar-refractivity contribution in [3.05, 3.63) is 35.4 Å². The summed E-state index contributed by atoms with van der Waals surface area (Å²) in [5.74, 6) is 0.119. The SMILES string of the molecule is CCCCCC1(CCCCC)NC(=O)c2ccccc21. The van der Waals surface area contributed by atoms with Crippen molar-refractivity contribution < 1.29 is 4.79 Å². The molecule has 0 bridgehead atoms. The number of benzene rings is 1. The number of nitrogens with one attached hydrogen (secondary N) is 1. The minimum Gasteiger partial charge on any atom is -0.342 e. The summed E-state index contributed by atoms with van der Waals surface area (Å²) >= 11 is 0. The zero-order valence-corrected chi connectivity index (χ0v) is 12.9. The number of carbonyl (C=O) groups excluding carboxylic acids is 1. The average Bonchev–Trinajstić information content (AvgIpc) is 2.74. The van der Waals surface area contributed by atoms with Gasteiger partial charge in [0.1, 0.15) is 0 Å². The van der Waals surface area contributed by atoms with Gasteiger partial charge in [-0.05, 0) is 24.5 Å². The van der Waals surface area contributed by atoms with E-state index < -0.39 is 0 Å². The molecule has 0 aromatic heterocycles. The topological polar surface area (TPSA) is 29.1 Å². The first-order valence-corrected chi connectivity index (χ1v) is 8.15. The zero-order valence-electron chi connectivity index (χ0n) is 12.9. The van der Waals surface area contributed by atoms with Gasteiger partial charge < -0.3 is 5.32 Å². The Labute approximate surface area is 123 Å². The lowest BCUT2D eigenvalue weighted by molar-refractivity contribution is 0.0918. The van der Waals surface area contributed by atoms with Crippen molar-refractivity contribution in [2.75, 3.05) is 0 Å². The van der Waals surface area contributed by atoms with Gasteiger partial charge in [0.25, 0.3) is 5.91 Å². The van der Waals surface area contributed by atoms with Crippen molar-refractivity contribution in [2.24, 2.45) is 0 Å². The summed E-state index contributed by atoms with van der Waals surface area (Å²) in [6.07, 6.45) is 9.47. The number of fused-ring (bicyclic) bond motifs is 1. The minimum atomic E-state index is -0.0992. The Morgan fingerprint density at radius 2 is 1.55 bits per heavy atom. The molecule has 1 aromatic carbocycles. The van der Waals surface area contributed by atoms with Gasteiger partial charge in [-0.2, -0.15) is 0 Å². The fourth-order valence-corrected chi connectivity index (χ4v) is 3.32. The number of amides is 1. The van der Waals surface area contributed by atoms with Crippen LogP contribution >= 0.6 is 0 Å². The molecule has 2 rings (SSSR count). The van der Waals surface area contributed by atoms with E-state index in [1.807, 2.05) is 12.1 Å². The molecule has 0 aliphatic carbocycles. The summed E-state index contributed by atoms with van der Waals surface area (Å²) in [6, 6.07) is 8.14. The predicted octanol–water partition coefficient (Wildman–Crippen LogP) is 4.79. The van der Waals surface area contributed by atoms with E-state index in [1.165, 1.54) is 44.1 Å². The van der Waals surface area contributed by atoms with Gasteiger partial charge in [0.15, 0.2) is 0 Å². The van der Waals surface area contributed by atoms with Crippen molar-refractivity contribution in [1.82, 2.24) is 5.32 Å². The molecule has 0 radical (unpaired) electrons. The molecule has 110 valence electrons. The molecule has 1 heterocycles. The second kappa shape index (κ2) is 6.92. The Balaban J connectivity index is 2.21. The first kappa shape index (κ1) is 15.1. The van der Waals surface area contributed by atoms with Crippen LogP contribution in [0.1, 0.15) is 81.1 Å². The Bertz CT molecular complexity index is 442. The van der Waals surface area contributed by atoms with E-state index in [4.69, 9.17) is 0 Å². The summed E-state index contributed by atoms with van der Waals surface area (Å²) in [4.78, 5) is 12.2. The van der Waals surface area contributed by atoms with Crippen molar-refractivity contribution in [2.45, 2.75) is 70.8 Å². The van der Waals surface area contributed by atoms with E-state index in [9.17, 15) is 4.79 Å². The van der Waals surface area contributed by atoms with Gasteiger partial charge in [-0.25, -0.2) is 0 Å². The fraction of sp³-hybridized carbons (Fsp3) is 0.611. The number of unbranched alkanes of at least 4 members (excludes halogenated alkanes) is 4. The maximum Gasteiger partial charge on any atom is 0.252 e. The van der Waals surface area contributed by atoms with Gasteiger partial charge in [-0.3, -0.25) is 4.79 Å². The van der Waals surface area contributed by atoms with Crippen molar-refractivity contribution in [1.29, 1.82) is 0 Å². The highest BCUT2D eigenvalue weighted by Crippen LogP contribution is 2.39. The van der Waals surface area contributed by atoms with Crippen LogP contribution in [0.15, 0.2) is 24.3 Å². The lowest BCUT2D eigenvalue weighted by atomic mass is 9.81. The molecular weight excluding hydrogens is 246 g/mol. The Hall–Kier alpha value is -1.31. The van der Waals surface area contributed by atoms with Gasteiger partial charge >= 0.3 is 0 Å². The number of carbonyl (C=O) groups is 1. The predicted molar refractivity (Wildman–Crippen MR) is 83.9 cm³/mol. The van der Waals surface area contributed by atoms with E-state index in [0.717, 1.165) is 18.4 Å². The van der Waals surface area contributed by atoms with E-state index >= 15 is 0 Å². The van der Waals surface area contributed by atoms with Gasteiger partial charge in [-0.15, -0.1) is 0 Å². The van der Waals surface area contributed by atoms with Crippen LogP contribution in [-0.2, 0) is 5.54 Å². The van der Waals surface area contributed by atoms with E-state index in [-0.39, 0.29) is 11.4 Å². The van der Waals surface area contributed by atoms with Crippen LogP contribution in [0.5, 0.6) is 0 Å². The molecule has 0 saturated heterocycles. The summed E-state index contributed by atoms with van der Waals surface area (Å²) in [5.41, 5.74) is 2.02. The Morgan fingerprint density at radius 3 is 2.15 bits per heavy atom. The number of hydrogen-bond acceptors (Lipinski definition) is 1. The highest BCUT2D eigenvalue weighted by Gasteiger charge is 2.41. The molecular formula is C18H27NO. The maximum atomic E-state index is 12.2. The second-order valence-electron chi connectivity index (χ2n) is 6.00. The van der Waals surface area contributed by atoms with Crippen LogP contribution in [0.25, 0.3) is 0 Å². The third-order valence-electron chi connectivity index (χ3n) is 4.45. The molecule has 1 aliphatic rings.